The molecular weight excluding hydrogens is 409 g/mol. The molecule has 4 rings (SSSR count). The molecule has 3 amide bonds. The van der Waals surface area contributed by atoms with Gasteiger partial charge in [-0.1, -0.05) is 19.9 Å². The van der Waals surface area contributed by atoms with Crippen LogP contribution in [0.25, 0.3) is 5.65 Å². The Balaban J connectivity index is 1.31. The Hall–Kier alpha value is -3.42. The Bertz CT molecular complexity index is 1120. The molecule has 1 aliphatic rings. The van der Waals surface area contributed by atoms with Crippen molar-refractivity contribution in [3.8, 4) is 0 Å². The summed E-state index contributed by atoms with van der Waals surface area (Å²) < 4.78 is 16.5. The Labute approximate surface area is 186 Å². The maximum absolute atomic E-state index is 14.7. The molecule has 0 radical (unpaired) electrons. The van der Waals surface area contributed by atoms with Gasteiger partial charge in [0.25, 0.3) is 0 Å². The molecule has 1 aromatic carbocycles. The van der Waals surface area contributed by atoms with Crippen molar-refractivity contribution in [3.63, 3.8) is 0 Å². The van der Waals surface area contributed by atoms with Gasteiger partial charge in [0, 0.05) is 44.1 Å². The zero-order valence-corrected chi connectivity index (χ0v) is 18.3. The topological polar surface area (TPSA) is 78.7 Å². The Kier molecular flexibility index (Phi) is 6.39. The molecule has 1 aliphatic heterocycles. The zero-order valence-electron chi connectivity index (χ0n) is 18.3. The molecule has 0 saturated carbocycles. The van der Waals surface area contributed by atoms with E-state index in [0.29, 0.717) is 19.6 Å². The largest absolute Gasteiger partial charge is 0.342 e. The number of aromatic nitrogens is 2. The highest BCUT2D eigenvalue weighted by molar-refractivity contribution is 5.89. The van der Waals surface area contributed by atoms with E-state index in [1.54, 1.807) is 12.3 Å². The van der Waals surface area contributed by atoms with E-state index in [2.05, 4.69) is 15.6 Å². The van der Waals surface area contributed by atoms with Crippen LogP contribution >= 0.6 is 0 Å². The maximum atomic E-state index is 14.7. The van der Waals surface area contributed by atoms with Crippen molar-refractivity contribution in [3.05, 3.63) is 65.9 Å². The fourth-order valence-corrected chi connectivity index (χ4v) is 4.10. The molecule has 0 bridgehead atoms. The average Bonchev–Trinajstić information content (AvgIpc) is 3.26. The predicted octanol–water partition coefficient (Wildman–Crippen LogP) is 4.16. The molecule has 2 N–H and O–H groups in total. The lowest BCUT2D eigenvalue weighted by Gasteiger charge is -2.33. The number of rotatable bonds is 5. The van der Waals surface area contributed by atoms with Crippen LogP contribution in [0, 0.1) is 11.7 Å². The van der Waals surface area contributed by atoms with Gasteiger partial charge in [0.05, 0.1) is 5.69 Å². The maximum Gasteiger partial charge on any atom is 0.319 e. The summed E-state index contributed by atoms with van der Waals surface area (Å²) in [5.41, 5.74) is 2.74. The molecule has 168 valence electrons. The van der Waals surface area contributed by atoms with Gasteiger partial charge in [-0.3, -0.25) is 4.79 Å². The van der Waals surface area contributed by atoms with E-state index in [1.165, 1.54) is 6.07 Å². The van der Waals surface area contributed by atoms with Gasteiger partial charge in [0.1, 0.15) is 11.5 Å². The van der Waals surface area contributed by atoms with Gasteiger partial charge in [0.2, 0.25) is 5.91 Å². The number of benzene rings is 1. The second-order valence-electron chi connectivity index (χ2n) is 8.53. The lowest BCUT2D eigenvalue weighted by atomic mass is 9.89. The van der Waals surface area contributed by atoms with Crippen molar-refractivity contribution in [2.45, 2.75) is 39.2 Å². The predicted molar refractivity (Wildman–Crippen MR) is 121 cm³/mol. The van der Waals surface area contributed by atoms with Crippen molar-refractivity contribution in [2.75, 3.05) is 18.4 Å². The van der Waals surface area contributed by atoms with Crippen LogP contribution in [-0.2, 0) is 11.3 Å². The Morgan fingerprint density at radius 3 is 2.66 bits per heavy atom. The lowest BCUT2D eigenvalue weighted by molar-refractivity contribution is -0.135. The van der Waals surface area contributed by atoms with Gasteiger partial charge in [-0.2, -0.15) is 0 Å². The number of nitrogens with zero attached hydrogens (tertiary/aromatic N) is 3. The highest BCUT2D eigenvalue weighted by Gasteiger charge is 2.25. The summed E-state index contributed by atoms with van der Waals surface area (Å²) in [4.78, 5) is 30.5. The number of fused-ring (bicyclic) bond motifs is 1. The first-order chi connectivity index (χ1) is 15.4. The number of piperidine rings is 1. The molecule has 0 unspecified atom stereocenters. The van der Waals surface area contributed by atoms with E-state index in [9.17, 15) is 14.0 Å². The summed E-state index contributed by atoms with van der Waals surface area (Å²) in [6, 6.07) is 8.26. The number of imidazole rings is 1. The quantitative estimate of drug-likeness (QED) is 0.629. The standard InChI is InChI=1S/C24H28FN5O2/c1-16(2)23(31)30-10-6-18(7-11-30)19-3-4-21(20(25)14-19)28-24(32)27-15-17-5-9-29-12-8-26-22(29)13-17/h3-5,8-9,12-14,16,18H,6-7,10-11,15H2,1-2H3,(H2,27,28,32). The van der Waals surface area contributed by atoms with Crippen molar-refractivity contribution in [1.29, 1.82) is 0 Å². The summed E-state index contributed by atoms with van der Waals surface area (Å²) in [5.74, 6) is -0.0858. The SMILES string of the molecule is CC(C)C(=O)N1CCC(c2ccc(NC(=O)NCc3ccn4ccnc4c3)c(F)c2)CC1. The van der Waals surface area contributed by atoms with Crippen molar-refractivity contribution in [2.24, 2.45) is 5.92 Å². The summed E-state index contributed by atoms with van der Waals surface area (Å²) >= 11 is 0. The molecule has 3 aromatic rings. The lowest BCUT2D eigenvalue weighted by Crippen LogP contribution is -2.40. The van der Waals surface area contributed by atoms with E-state index < -0.39 is 11.8 Å². The number of anilines is 1. The van der Waals surface area contributed by atoms with Crippen LogP contribution in [0.1, 0.15) is 43.7 Å². The minimum Gasteiger partial charge on any atom is -0.342 e. The summed E-state index contributed by atoms with van der Waals surface area (Å²) in [6.07, 6.45) is 7.05. The highest BCUT2D eigenvalue weighted by atomic mass is 19.1. The first-order valence-corrected chi connectivity index (χ1v) is 11.0. The van der Waals surface area contributed by atoms with E-state index in [4.69, 9.17) is 0 Å². The number of amides is 3. The molecule has 1 fully saturated rings. The van der Waals surface area contributed by atoms with E-state index in [-0.39, 0.29) is 23.4 Å². The monoisotopic (exact) mass is 437 g/mol. The molecule has 3 heterocycles. The van der Waals surface area contributed by atoms with Crippen molar-refractivity contribution >= 4 is 23.3 Å². The van der Waals surface area contributed by atoms with Crippen LogP contribution < -0.4 is 10.6 Å². The number of hydrogen-bond acceptors (Lipinski definition) is 3. The van der Waals surface area contributed by atoms with E-state index >= 15 is 0 Å². The molecule has 0 atom stereocenters. The Morgan fingerprint density at radius 1 is 1.16 bits per heavy atom. The summed E-state index contributed by atoms with van der Waals surface area (Å²) in [6.45, 7) is 5.50. The molecule has 0 aliphatic carbocycles. The number of nitrogens with one attached hydrogen (secondary N) is 2. The molecular formula is C24H28FN5O2. The number of hydrogen-bond donors (Lipinski definition) is 2. The fraction of sp³-hybridized carbons (Fsp3) is 0.375. The van der Waals surface area contributed by atoms with E-state index in [0.717, 1.165) is 29.6 Å². The number of carbonyl (C=O) groups excluding carboxylic acids is 2. The number of carbonyl (C=O) groups is 2. The van der Waals surface area contributed by atoms with Gasteiger partial charge in [-0.05, 0) is 54.2 Å². The minimum absolute atomic E-state index is 0.00547. The third kappa shape index (κ3) is 4.90. The smallest absolute Gasteiger partial charge is 0.319 e. The molecule has 7 nitrogen and oxygen atoms in total. The van der Waals surface area contributed by atoms with Crippen LogP contribution in [0.2, 0.25) is 0 Å². The van der Waals surface area contributed by atoms with Gasteiger partial charge < -0.3 is 19.9 Å². The minimum atomic E-state index is -0.472. The number of halogens is 1. The Morgan fingerprint density at radius 2 is 1.94 bits per heavy atom. The van der Waals surface area contributed by atoms with E-state index in [1.807, 2.05) is 53.7 Å². The van der Waals surface area contributed by atoms with Gasteiger partial charge >= 0.3 is 6.03 Å². The van der Waals surface area contributed by atoms with Crippen molar-refractivity contribution in [1.82, 2.24) is 19.6 Å². The number of likely N-dealkylation sites (tertiary alicyclic amines) is 1. The normalized spacial score (nSPS) is 14.7. The molecule has 8 heteroatoms. The number of urea groups is 1. The third-order valence-electron chi connectivity index (χ3n) is 5.93. The molecule has 32 heavy (non-hydrogen) atoms. The second-order valence-corrected chi connectivity index (χ2v) is 8.53. The zero-order chi connectivity index (χ0) is 22.7. The third-order valence-corrected chi connectivity index (χ3v) is 5.93. The summed E-state index contributed by atoms with van der Waals surface area (Å²) in [7, 11) is 0. The van der Waals surface area contributed by atoms with Gasteiger partial charge in [-0.15, -0.1) is 0 Å². The average molecular weight is 438 g/mol. The molecule has 1 saturated heterocycles. The number of pyridine rings is 1. The van der Waals surface area contributed by atoms with Crippen molar-refractivity contribution < 1.29 is 14.0 Å². The second kappa shape index (κ2) is 9.38. The van der Waals surface area contributed by atoms with Crippen LogP contribution in [0.3, 0.4) is 0 Å². The summed E-state index contributed by atoms with van der Waals surface area (Å²) in [5, 5.41) is 5.32. The first kappa shape index (κ1) is 21.8. The van der Waals surface area contributed by atoms with Crippen LogP contribution in [0.5, 0.6) is 0 Å². The fourth-order valence-electron chi connectivity index (χ4n) is 4.10. The molecule has 0 spiro atoms. The van der Waals surface area contributed by atoms with Crippen LogP contribution in [-0.4, -0.2) is 39.3 Å². The highest BCUT2D eigenvalue weighted by Crippen LogP contribution is 2.30. The van der Waals surface area contributed by atoms with Crippen LogP contribution in [0.15, 0.2) is 48.9 Å². The first-order valence-electron chi connectivity index (χ1n) is 11.0. The molecule has 2 aromatic heterocycles. The van der Waals surface area contributed by atoms with Crippen LogP contribution in [0.4, 0.5) is 14.9 Å². The van der Waals surface area contributed by atoms with Gasteiger partial charge in [-0.25, -0.2) is 14.2 Å². The van der Waals surface area contributed by atoms with Gasteiger partial charge in [0.15, 0.2) is 0 Å².